The molecule has 0 fully saturated rings. The number of hydrogen-bond acceptors (Lipinski definition) is 4. The van der Waals surface area contributed by atoms with Gasteiger partial charge in [0.05, 0.1) is 21.7 Å². The van der Waals surface area contributed by atoms with Gasteiger partial charge >= 0.3 is 11.9 Å². The van der Waals surface area contributed by atoms with Gasteiger partial charge in [-0.1, -0.05) is 17.7 Å². The second-order valence-corrected chi connectivity index (χ2v) is 4.85. The molecule has 5 nitrogen and oxygen atoms in total. The Kier molecular flexibility index (Phi) is 4.19. The van der Waals surface area contributed by atoms with E-state index in [1.165, 1.54) is 19.9 Å². The van der Waals surface area contributed by atoms with Gasteiger partial charge in [-0.25, -0.2) is 4.79 Å². The number of aliphatic carboxylic acids is 1. The summed E-state index contributed by atoms with van der Waals surface area (Å²) in [6.07, 6.45) is 0. The average Bonchev–Trinajstić information content (AvgIpc) is 2.29. The molecule has 0 saturated heterocycles. The van der Waals surface area contributed by atoms with Crippen molar-refractivity contribution in [3.05, 3.63) is 28.8 Å². The van der Waals surface area contributed by atoms with Gasteiger partial charge < -0.3 is 15.6 Å². The molecule has 3 N–H and O–H groups in total. The van der Waals surface area contributed by atoms with Gasteiger partial charge in [-0.2, -0.15) is 0 Å². The molecule has 0 aromatic heterocycles. The predicted octanol–water partition coefficient (Wildman–Crippen LogP) is 2.19. The molecule has 0 radical (unpaired) electrons. The number of esters is 1. The normalized spacial score (nSPS) is 11.1. The van der Waals surface area contributed by atoms with Gasteiger partial charge in [-0.05, 0) is 26.0 Å². The van der Waals surface area contributed by atoms with E-state index in [9.17, 15) is 9.59 Å². The third-order valence-corrected chi connectivity index (χ3v) is 2.81. The molecule has 98 valence electrons. The van der Waals surface area contributed by atoms with E-state index in [0.29, 0.717) is 0 Å². The quantitative estimate of drug-likeness (QED) is 0.647. The number of carbonyl (C=O) groups is 2. The van der Waals surface area contributed by atoms with Crippen molar-refractivity contribution in [1.29, 1.82) is 0 Å². The minimum Gasteiger partial charge on any atom is -0.481 e. The lowest BCUT2D eigenvalue weighted by atomic mass is 9.95. The molecule has 18 heavy (non-hydrogen) atoms. The number of ether oxygens (including phenoxy) is 1. The first-order valence-corrected chi connectivity index (χ1v) is 5.58. The summed E-state index contributed by atoms with van der Waals surface area (Å²) in [5.41, 5.74) is 4.79. The molecule has 0 bridgehead atoms. The van der Waals surface area contributed by atoms with Crippen molar-refractivity contribution in [1.82, 2.24) is 0 Å². The van der Waals surface area contributed by atoms with Crippen molar-refractivity contribution < 1.29 is 19.4 Å². The Labute approximate surface area is 109 Å². The van der Waals surface area contributed by atoms with Crippen LogP contribution in [0.2, 0.25) is 5.02 Å². The molecule has 1 rings (SSSR count). The van der Waals surface area contributed by atoms with E-state index in [1.807, 2.05) is 0 Å². The van der Waals surface area contributed by atoms with Gasteiger partial charge in [0.1, 0.15) is 6.61 Å². The number of benzene rings is 1. The first-order valence-electron chi connectivity index (χ1n) is 5.20. The Morgan fingerprint density at radius 2 is 2.06 bits per heavy atom. The van der Waals surface area contributed by atoms with Crippen LogP contribution in [0.4, 0.5) is 5.69 Å². The smallest absolute Gasteiger partial charge is 0.339 e. The number of nitrogens with two attached hydrogens (primary N) is 1. The van der Waals surface area contributed by atoms with Crippen molar-refractivity contribution in [2.24, 2.45) is 5.41 Å². The maximum Gasteiger partial charge on any atom is 0.339 e. The van der Waals surface area contributed by atoms with E-state index in [0.717, 1.165) is 0 Å². The van der Waals surface area contributed by atoms with Gasteiger partial charge in [-0.3, -0.25) is 4.79 Å². The van der Waals surface area contributed by atoms with Crippen molar-refractivity contribution in [3.63, 3.8) is 0 Å². The number of nitrogen functional groups attached to an aromatic ring is 1. The molecular weight excluding hydrogens is 258 g/mol. The maximum atomic E-state index is 11.7. The lowest BCUT2D eigenvalue weighted by molar-refractivity contribution is -0.149. The first-order chi connectivity index (χ1) is 8.25. The number of hydrogen-bond donors (Lipinski definition) is 2. The second-order valence-electron chi connectivity index (χ2n) is 4.47. The van der Waals surface area contributed by atoms with E-state index in [2.05, 4.69) is 0 Å². The molecule has 0 aliphatic rings. The van der Waals surface area contributed by atoms with E-state index >= 15 is 0 Å². The molecule has 1 aromatic carbocycles. The number of anilines is 1. The van der Waals surface area contributed by atoms with Crippen LogP contribution in [0.25, 0.3) is 0 Å². The fourth-order valence-electron chi connectivity index (χ4n) is 1.09. The Morgan fingerprint density at radius 1 is 1.44 bits per heavy atom. The van der Waals surface area contributed by atoms with E-state index in [1.54, 1.807) is 12.1 Å². The minimum absolute atomic E-state index is 0.107. The van der Waals surface area contributed by atoms with Crippen LogP contribution in [-0.2, 0) is 9.53 Å². The fourth-order valence-corrected chi connectivity index (χ4v) is 1.30. The summed E-state index contributed by atoms with van der Waals surface area (Å²) in [6, 6.07) is 4.59. The van der Waals surface area contributed by atoms with E-state index < -0.39 is 17.4 Å². The third kappa shape index (κ3) is 3.13. The number of carbonyl (C=O) groups excluding carboxylic acids is 1. The Bertz CT molecular complexity index is 485. The summed E-state index contributed by atoms with van der Waals surface area (Å²) in [4.78, 5) is 22.6. The van der Waals surface area contributed by atoms with Crippen LogP contribution >= 0.6 is 11.6 Å². The monoisotopic (exact) mass is 271 g/mol. The van der Waals surface area contributed by atoms with Gasteiger partial charge in [0, 0.05) is 0 Å². The number of carboxylic acid groups (broad SMARTS) is 1. The molecule has 0 amide bonds. The van der Waals surface area contributed by atoms with E-state index in [-0.39, 0.29) is 22.9 Å². The molecule has 0 saturated carbocycles. The first kappa shape index (κ1) is 14.3. The number of carboxylic acids is 1. The minimum atomic E-state index is -1.15. The summed E-state index contributed by atoms with van der Waals surface area (Å²) in [7, 11) is 0. The summed E-state index contributed by atoms with van der Waals surface area (Å²) in [6.45, 7) is 2.68. The molecule has 0 spiro atoms. The van der Waals surface area contributed by atoms with Crippen LogP contribution in [0.15, 0.2) is 18.2 Å². The van der Waals surface area contributed by atoms with Crippen molar-refractivity contribution in [3.8, 4) is 0 Å². The highest BCUT2D eigenvalue weighted by Crippen LogP contribution is 2.24. The highest BCUT2D eigenvalue weighted by atomic mass is 35.5. The van der Waals surface area contributed by atoms with Crippen LogP contribution in [0.3, 0.4) is 0 Å². The standard InChI is InChI=1S/C12H14ClNO4/c1-12(2,11(16)17)6-18-10(15)7-4-3-5-8(14)9(7)13/h3-5H,6,14H2,1-2H3,(H,16,17). The zero-order valence-corrected chi connectivity index (χ0v) is 10.8. The maximum absolute atomic E-state index is 11.7. The molecule has 0 atom stereocenters. The molecule has 6 heteroatoms. The molecule has 1 aromatic rings. The Balaban J connectivity index is 2.78. The lowest BCUT2D eigenvalue weighted by Gasteiger charge is -2.18. The average molecular weight is 272 g/mol. The second kappa shape index (κ2) is 5.27. The summed E-state index contributed by atoms with van der Waals surface area (Å²) in [5, 5.41) is 8.99. The van der Waals surface area contributed by atoms with Gasteiger partial charge in [0.15, 0.2) is 0 Å². The van der Waals surface area contributed by atoms with Gasteiger partial charge in [0.2, 0.25) is 0 Å². The number of rotatable bonds is 4. The molecular formula is C12H14ClNO4. The van der Waals surface area contributed by atoms with Gasteiger partial charge in [0.25, 0.3) is 0 Å². The predicted molar refractivity (Wildman–Crippen MR) is 67.6 cm³/mol. The van der Waals surface area contributed by atoms with E-state index in [4.69, 9.17) is 27.2 Å². The van der Waals surface area contributed by atoms with Crippen molar-refractivity contribution >= 4 is 29.2 Å². The topological polar surface area (TPSA) is 89.6 Å². The zero-order chi connectivity index (χ0) is 13.9. The Hall–Kier alpha value is -1.75. The summed E-state index contributed by atoms with van der Waals surface area (Å²) < 4.78 is 4.93. The lowest BCUT2D eigenvalue weighted by Crippen LogP contribution is -2.30. The molecule has 0 aliphatic heterocycles. The van der Waals surface area contributed by atoms with Crippen molar-refractivity contribution in [2.45, 2.75) is 13.8 Å². The van der Waals surface area contributed by atoms with Crippen LogP contribution in [-0.4, -0.2) is 23.7 Å². The summed E-state index contributed by atoms with van der Waals surface area (Å²) in [5.74, 6) is -1.74. The van der Waals surface area contributed by atoms with Crippen LogP contribution in [0.5, 0.6) is 0 Å². The molecule has 0 unspecified atom stereocenters. The summed E-state index contributed by atoms with van der Waals surface area (Å²) >= 11 is 5.86. The SMILES string of the molecule is CC(C)(COC(=O)c1cccc(N)c1Cl)C(=O)O. The largest absolute Gasteiger partial charge is 0.481 e. The van der Waals surface area contributed by atoms with Gasteiger partial charge in [-0.15, -0.1) is 0 Å². The van der Waals surface area contributed by atoms with Crippen LogP contribution in [0, 0.1) is 5.41 Å². The third-order valence-electron chi connectivity index (χ3n) is 2.39. The molecule has 0 heterocycles. The zero-order valence-electron chi connectivity index (χ0n) is 10.1. The highest BCUT2D eigenvalue weighted by Gasteiger charge is 2.29. The van der Waals surface area contributed by atoms with Crippen LogP contribution < -0.4 is 5.73 Å². The Morgan fingerprint density at radius 3 is 2.61 bits per heavy atom. The van der Waals surface area contributed by atoms with Crippen LogP contribution in [0.1, 0.15) is 24.2 Å². The molecule has 0 aliphatic carbocycles. The fraction of sp³-hybridized carbons (Fsp3) is 0.333. The number of halogens is 1. The highest BCUT2D eigenvalue weighted by molar-refractivity contribution is 6.36. The van der Waals surface area contributed by atoms with Crippen molar-refractivity contribution in [2.75, 3.05) is 12.3 Å².